The molecule has 0 saturated heterocycles. The van der Waals surface area contributed by atoms with E-state index in [1.165, 1.54) is 12.3 Å². The maximum Gasteiger partial charge on any atom is 0.187 e. The van der Waals surface area contributed by atoms with E-state index in [1.54, 1.807) is 18.2 Å². The molecule has 100 valence electrons. The summed E-state index contributed by atoms with van der Waals surface area (Å²) in [5.41, 5.74) is -0.0245. The SMILES string of the molecule is N#C[C@H](C(=O)c1cc(F)c(F)cc1Cl)c1ccccn1. The van der Waals surface area contributed by atoms with Crippen LogP contribution in [0.3, 0.4) is 0 Å². The highest BCUT2D eigenvalue weighted by Gasteiger charge is 2.26. The zero-order valence-corrected chi connectivity index (χ0v) is 10.7. The Morgan fingerprint density at radius 1 is 1.30 bits per heavy atom. The van der Waals surface area contributed by atoms with E-state index in [1.807, 2.05) is 0 Å². The van der Waals surface area contributed by atoms with Crippen LogP contribution in [0.15, 0.2) is 36.5 Å². The molecule has 2 rings (SSSR count). The fraction of sp³-hybridized carbons (Fsp3) is 0.0714. The first kappa shape index (κ1) is 14.1. The Balaban J connectivity index is 2.45. The summed E-state index contributed by atoms with van der Waals surface area (Å²) in [4.78, 5) is 16.1. The number of Topliss-reactive ketones (excluding diaryl/α,β-unsaturated/α-hetero) is 1. The highest BCUT2D eigenvalue weighted by Crippen LogP contribution is 2.26. The van der Waals surface area contributed by atoms with Crippen molar-refractivity contribution in [1.82, 2.24) is 4.98 Å². The fourth-order valence-corrected chi connectivity index (χ4v) is 1.92. The summed E-state index contributed by atoms with van der Waals surface area (Å²) >= 11 is 5.73. The van der Waals surface area contributed by atoms with Crippen molar-refractivity contribution in [2.45, 2.75) is 5.92 Å². The van der Waals surface area contributed by atoms with Crippen molar-refractivity contribution in [2.75, 3.05) is 0 Å². The van der Waals surface area contributed by atoms with Crippen molar-refractivity contribution in [1.29, 1.82) is 5.26 Å². The summed E-state index contributed by atoms with van der Waals surface area (Å²) in [6.45, 7) is 0. The van der Waals surface area contributed by atoms with Crippen LogP contribution in [0.4, 0.5) is 8.78 Å². The molecule has 0 amide bonds. The van der Waals surface area contributed by atoms with Gasteiger partial charge in [-0.25, -0.2) is 8.78 Å². The number of carbonyl (C=O) groups excluding carboxylic acids is 1. The third-order valence-electron chi connectivity index (χ3n) is 2.65. The third-order valence-corrected chi connectivity index (χ3v) is 2.96. The number of nitrogens with zero attached hydrogens (tertiary/aromatic N) is 2. The number of nitriles is 1. The second-order valence-electron chi connectivity index (χ2n) is 3.93. The lowest BCUT2D eigenvalue weighted by atomic mass is 9.95. The lowest BCUT2D eigenvalue weighted by Gasteiger charge is -2.09. The normalized spacial score (nSPS) is 11.7. The molecule has 0 unspecified atom stereocenters. The quantitative estimate of drug-likeness (QED) is 0.642. The van der Waals surface area contributed by atoms with E-state index in [4.69, 9.17) is 16.9 Å². The predicted molar refractivity (Wildman–Crippen MR) is 68.3 cm³/mol. The van der Waals surface area contributed by atoms with Gasteiger partial charge in [0.25, 0.3) is 0 Å². The third kappa shape index (κ3) is 2.65. The van der Waals surface area contributed by atoms with Crippen molar-refractivity contribution in [3.63, 3.8) is 0 Å². The summed E-state index contributed by atoms with van der Waals surface area (Å²) in [5.74, 6) is -4.30. The van der Waals surface area contributed by atoms with Gasteiger partial charge in [0, 0.05) is 11.8 Å². The van der Waals surface area contributed by atoms with Gasteiger partial charge in [-0.3, -0.25) is 9.78 Å². The molecule has 0 radical (unpaired) electrons. The first-order chi connectivity index (χ1) is 9.54. The van der Waals surface area contributed by atoms with Gasteiger partial charge < -0.3 is 0 Å². The lowest BCUT2D eigenvalue weighted by molar-refractivity contribution is 0.0977. The molecule has 0 spiro atoms. The van der Waals surface area contributed by atoms with Crippen LogP contribution in [0, 0.1) is 23.0 Å². The van der Waals surface area contributed by atoms with Crippen LogP contribution in [-0.2, 0) is 0 Å². The minimum absolute atomic E-state index is 0.223. The average Bonchev–Trinajstić information content (AvgIpc) is 2.44. The molecule has 0 aliphatic carbocycles. The molecular formula is C14H7ClF2N2O. The zero-order chi connectivity index (χ0) is 14.7. The van der Waals surface area contributed by atoms with Crippen LogP contribution in [0.25, 0.3) is 0 Å². The van der Waals surface area contributed by atoms with E-state index < -0.39 is 23.3 Å². The van der Waals surface area contributed by atoms with Crippen LogP contribution in [0.1, 0.15) is 22.0 Å². The van der Waals surface area contributed by atoms with Gasteiger partial charge in [0.2, 0.25) is 0 Å². The van der Waals surface area contributed by atoms with Crippen LogP contribution in [0.2, 0.25) is 5.02 Å². The van der Waals surface area contributed by atoms with E-state index >= 15 is 0 Å². The molecular weight excluding hydrogens is 286 g/mol. The van der Waals surface area contributed by atoms with Gasteiger partial charge in [0.05, 0.1) is 16.8 Å². The van der Waals surface area contributed by atoms with E-state index in [0.29, 0.717) is 12.1 Å². The van der Waals surface area contributed by atoms with Gasteiger partial charge in [-0.05, 0) is 24.3 Å². The molecule has 20 heavy (non-hydrogen) atoms. The molecule has 0 saturated carbocycles. The number of halogens is 3. The van der Waals surface area contributed by atoms with Crippen molar-refractivity contribution >= 4 is 17.4 Å². The fourth-order valence-electron chi connectivity index (χ4n) is 1.67. The highest BCUT2D eigenvalue weighted by atomic mass is 35.5. The minimum Gasteiger partial charge on any atom is -0.292 e. The molecule has 1 atom stereocenters. The van der Waals surface area contributed by atoms with E-state index in [2.05, 4.69) is 4.98 Å². The summed E-state index contributed by atoms with van der Waals surface area (Å²) in [7, 11) is 0. The van der Waals surface area contributed by atoms with Gasteiger partial charge in [0.1, 0.15) is 0 Å². The molecule has 1 aromatic heterocycles. The standard InChI is InChI=1S/C14H7ClF2N2O/c15-10-6-12(17)11(16)5-8(10)14(20)9(7-18)13-3-1-2-4-19-13/h1-6,9H/t9-/m0/s1. The number of rotatable bonds is 3. The second kappa shape index (κ2) is 5.76. The van der Waals surface area contributed by atoms with Crippen LogP contribution < -0.4 is 0 Å². The Morgan fingerprint density at radius 3 is 2.60 bits per heavy atom. The number of hydrogen-bond acceptors (Lipinski definition) is 3. The Labute approximate surface area is 118 Å². The number of benzene rings is 1. The monoisotopic (exact) mass is 292 g/mol. The molecule has 0 aliphatic heterocycles. The average molecular weight is 293 g/mol. The number of aromatic nitrogens is 1. The van der Waals surface area contributed by atoms with E-state index in [0.717, 1.165) is 0 Å². The van der Waals surface area contributed by atoms with Crippen molar-refractivity contribution in [3.05, 3.63) is 64.4 Å². The summed E-state index contributed by atoms with van der Waals surface area (Å²) in [6.07, 6.45) is 1.43. The first-order valence-electron chi connectivity index (χ1n) is 5.54. The van der Waals surface area contributed by atoms with Crippen molar-refractivity contribution in [3.8, 4) is 6.07 Å². The maximum atomic E-state index is 13.2. The predicted octanol–water partition coefficient (Wildman–Crippen LogP) is 3.50. The highest BCUT2D eigenvalue weighted by molar-refractivity contribution is 6.34. The van der Waals surface area contributed by atoms with Crippen LogP contribution in [0.5, 0.6) is 0 Å². The lowest BCUT2D eigenvalue weighted by Crippen LogP contribution is -2.13. The van der Waals surface area contributed by atoms with E-state index in [-0.39, 0.29) is 16.3 Å². The second-order valence-corrected chi connectivity index (χ2v) is 4.33. The van der Waals surface area contributed by atoms with Crippen molar-refractivity contribution < 1.29 is 13.6 Å². The smallest absolute Gasteiger partial charge is 0.187 e. The molecule has 0 aliphatic rings. The van der Waals surface area contributed by atoms with Gasteiger partial charge in [-0.15, -0.1) is 0 Å². The largest absolute Gasteiger partial charge is 0.292 e. The zero-order valence-electron chi connectivity index (χ0n) is 9.98. The van der Waals surface area contributed by atoms with Gasteiger partial charge >= 0.3 is 0 Å². The van der Waals surface area contributed by atoms with E-state index in [9.17, 15) is 13.6 Å². The molecule has 0 fully saturated rings. The molecule has 1 aromatic carbocycles. The molecule has 0 bridgehead atoms. The number of hydrogen-bond donors (Lipinski definition) is 0. The Morgan fingerprint density at radius 2 is 2.00 bits per heavy atom. The number of carbonyl (C=O) groups is 1. The summed E-state index contributed by atoms with van der Waals surface area (Å²) in [6, 6.07) is 7.93. The van der Waals surface area contributed by atoms with Crippen molar-refractivity contribution in [2.24, 2.45) is 0 Å². The summed E-state index contributed by atoms with van der Waals surface area (Å²) in [5, 5.41) is 8.86. The van der Waals surface area contributed by atoms with Gasteiger partial charge in [0.15, 0.2) is 23.3 Å². The topological polar surface area (TPSA) is 53.8 Å². The number of pyridine rings is 1. The Bertz CT molecular complexity index is 698. The van der Waals surface area contributed by atoms with Crippen LogP contribution in [-0.4, -0.2) is 10.8 Å². The first-order valence-corrected chi connectivity index (χ1v) is 5.91. The molecule has 0 N–H and O–H groups in total. The Hall–Kier alpha value is -2.32. The maximum absolute atomic E-state index is 13.2. The van der Waals surface area contributed by atoms with Gasteiger partial charge in [-0.2, -0.15) is 5.26 Å². The molecule has 3 nitrogen and oxygen atoms in total. The minimum atomic E-state index is -1.22. The molecule has 2 aromatic rings. The summed E-state index contributed by atoms with van der Waals surface area (Å²) < 4.78 is 26.2. The number of ketones is 1. The Kier molecular flexibility index (Phi) is 4.06. The molecule has 6 heteroatoms. The molecule has 1 heterocycles. The van der Waals surface area contributed by atoms with Crippen LogP contribution >= 0.6 is 11.6 Å². The van der Waals surface area contributed by atoms with Gasteiger partial charge in [-0.1, -0.05) is 17.7 Å².